The van der Waals surface area contributed by atoms with Crippen LogP contribution in [0.3, 0.4) is 0 Å². The van der Waals surface area contributed by atoms with Gasteiger partial charge in [0.1, 0.15) is 0 Å². The number of rotatable bonds is 10. The highest BCUT2D eigenvalue weighted by Gasteiger charge is 2.33. The zero-order valence-corrected chi connectivity index (χ0v) is 22.0. The van der Waals surface area contributed by atoms with E-state index in [1.165, 1.54) is 12.8 Å². The van der Waals surface area contributed by atoms with Gasteiger partial charge in [-0.15, -0.1) is 24.0 Å². The van der Waals surface area contributed by atoms with Crippen molar-refractivity contribution in [1.29, 1.82) is 0 Å². The van der Waals surface area contributed by atoms with Crippen LogP contribution in [-0.2, 0) is 9.47 Å². The molecule has 0 saturated carbocycles. The van der Waals surface area contributed by atoms with Gasteiger partial charge in [-0.2, -0.15) is 11.8 Å². The molecule has 1 unspecified atom stereocenters. The minimum absolute atomic E-state index is 0. The molecule has 0 aromatic heterocycles. The highest BCUT2D eigenvalue weighted by molar-refractivity contribution is 14.0. The van der Waals surface area contributed by atoms with E-state index in [0.717, 1.165) is 77.2 Å². The molecule has 172 valence electrons. The minimum atomic E-state index is 0. The molecule has 6 nitrogen and oxygen atoms in total. The van der Waals surface area contributed by atoms with E-state index in [4.69, 9.17) is 9.47 Å². The molecule has 0 bridgehead atoms. The summed E-state index contributed by atoms with van der Waals surface area (Å²) in [6, 6.07) is 0.527. The summed E-state index contributed by atoms with van der Waals surface area (Å²) < 4.78 is 11.4. The van der Waals surface area contributed by atoms with Crippen molar-refractivity contribution in [2.75, 3.05) is 65.4 Å². The zero-order valence-electron chi connectivity index (χ0n) is 18.9. The lowest BCUT2D eigenvalue weighted by Gasteiger charge is -2.39. The monoisotopic (exact) mass is 542 g/mol. The van der Waals surface area contributed by atoms with Crippen molar-refractivity contribution >= 4 is 41.7 Å². The Balaban J connectivity index is 0.00000420. The van der Waals surface area contributed by atoms with Crippen molar-refractivity contribution in [3.63, 3.8) is 0 Å². The molecular formula is C21H43IN4O2S. The Morgan fingerprint density at radius 2 is 1.66 bits per heavy atom. The van der Waals surface area contributed by atoms with Crippen LogP contribution in [0.2, 0.25) is 0 Å². The second kappa shape index (κ2) is 15.1. The summed E-state index contributed by atoms with van der Waals surface area (Å²) in [7, 11) is 1.87. The van der Waals surface area contributed by atoms with Gasteiger partial charge in [-0.05, 0) is 24.5 Å². The van der Waals surface area contributed by atoms with Crippen LogP contribution in [0.5, 0.6) is 0 Å². The maximum atomic E-state index is 5.60. The van der Waals surface area contributed by atoms with Crippen LogP contribution < -0.4 is 10.6 Å². The van der Waals surface area contributed by atoms with Gasteiger partial charge >= 0.3 is 0 Å². The van der Waals surface area contributed by atoms with Gasteiger partial charge in [-0.3, -0.25) is 9.89 Å². The number of nitrogens with one attached hydrogen (secondary N) is 2. The van der Waals surface area contributed by atoms with Crippen molar-refractivity contribution in [2.24, 2.45) is 10.9 Å². The Bertz CT molecular complexity index is 448. The highest BCUT2D eigenvalue weighted by atomic mass is 127. The first-order valence-electron chi connectivity index (χ1n) is 11.2. The summed E-state index contributed by atoms with van der Waals surface area (Å²) in [5.41, 5.74) is 0. The number of ether oxygens (including phenoxy) is 2. The van der Waals surface area contributed by atoms with Gasteiger partial charge in [0.05, 0.1) is 13.2 Å². The largest absolute Gasteiger partial charge is 0.381 e. The Hall–Kier alpha value is 0.230. The molecule has 2 aliphatic rings. The predicted molar refractivity (Wildman–Crippen MR) is 136 cm³/mol. The third-order valence-electron chi connectivity index (χ3n) is 6.24. The number of guanidine groups is 1. The molecule has 2 N–H and O–H groups in total. The number of morpholine rings is 1. The van der Waals surface area contributed by atoms with Crippen molar-refractivity contribution in [1.82, 2.24) is 15.5 Å². The topological polar surface area (TPSA) is 58.1 Å². The number of halogens is 1. The molecule has 0 aromatic rings. The number of nitrogens with zero attached hydrogens (tertiary/aromatic N) is 2. The summed E-state index contributed by atoms with van der Waals surface area (Å²) >= 11 is 2.06. The lowest BCUT2D eigenvalue weighted by molar-refractivity contribution is 0.00271. The predicted octanol–water partition coefficient (Wildman–Crippen LogP) is 3.21. The Morgan fingerprint density at radius 1 is 1.03 bits per heavy atom. The summed E-state index contributed by atoms with van der Waals surface area (Å²) in [4.78, 5) is 7.11. The Kier molecular flexibility index (Phi) is 14.2. The molecular weight excluding hydrogens is 499 g/mol. The lowest BCUT2D eigenvalue weighted by atomic mass is 9.92. The highest BCUT2D eigenvalue weighted by Crippen LogP contribution is 2.34. The van der Waals surface area contributed by atoms with Crippen LogP contribution in [0.25, 0.3) is 0 Å². The molecule has 0 aliphatic carbocycles. The Morgan fingerprint density at radius 3 is 2.21 bits per heavy atom. The molecule has 0 amide bonds. The summed E-state index contributed by atoms with van der Waals surface area (Å²) in [6.45, 7) is 14.3. The molecule has 0 aromatic carbocycles. The summed E-state index contributed by atoms with van der Waals surface area (Å²) in [6.07, 6.45) is 4.64. The van der Waals surface area contributed by atoms with Gasteiger partial charge in [-0.25, -0.2) is 0 Å². The van der Waals surface area contributed by atoms with Gasteiger partial charge < -0.3 is 20.1 Å². The molecule has 0 spiro atoms. The van der Waals surface area contributed by atoms with E-state index < -0.39 is 0 Å². The van der Waals surface area contributed by atoms with E-state index in [1.54, 1.807) is 0 Å². The normalized spacial score (nSPS) is 21.5. The average molecular weight is 543 g/mol. The molecule has 2 heterocycles. The van der Waals surface area contributed by atoms with E-state index in [-0.39, 0.29) is 28.7 Å². The molecule has 2 aliphatic heterocycles. The number of hydrogen-bond donors (Lipinski definition) is 2. The van der Waals surface area contributed by atoms with Crippen LogP contribution in [0.1, 0.15) is 46.5 Å². The van der Waals surface area contributed by atoms with Gasteiger partial charge in [0.2, 0.25) is 0 Å². The second-order valence-electron chi connectivity index (χ2n) is 7.83. The van der Waals surface area contributed by atoms with Crippen LogP contribution in [0.15, 0.2) is 4.99 Å². The first-order valence-corrected chi connectivity index (χ1v) is 12.1. The van der Waals surface area contributed by atoms with Gasteiger partial charge in [0, 0.05) is 57.2 Å². The van der Waals surface area contributed by atoms with Crippen molar-refractivity contribution in [2.45, 2.75) is 57.2 Å². The van der Waals surface area contributed by atoms with Crippen LogP contribution in [0.4, 0.5) is 0 Å². The third kappa shape index (κ3) is 8.71. The van der Waals surface area contributed by atoms with E-state index in [2.05, 4.69) is 53.1 Å². The quantitative estimate of drug-likeness (QED) is 0.251. The van der Waals surface area contributed by atoms with Crippen molar-refractivity contribution in [3.05, 3.63) is 0 Å². The van der Waals surface area contributed by atoms with Gasteiger partial charge in [0.15, 0.2) is 5.96 Å². The van der Waals surface area contributed by atoms with E-state index in [9.17, 15) is 0 Å². The molecule has 1 atom stereocenters. The van der Waals surface area contributed by atoms with Crippen molar-refractivity contribution < 1.29 is 9.47 Å². The number of thioether (sulfide) groups is 1. The van der Waals surface area contributed by atoms with E-state index in [1.807, 2.05) is 7.05 Å². The minimum Gasteiger partial charge on any atom is -0.381 e. The molecule has 8 heteroatoms. The zero-order chi connectivity index (χ0) is 20.2. The second-order valence-corrected chi connectivity index (χ2v) is 9.56. The van der Waals surface area contributed by atoms with Crippen molar-refractivity contribution in [3.8, 4) is 0 Å². The van der Waals surface area contributed by atoms with Gasteiger partial charge in [-0.1, -0.05) is 33.6 Å². The summed E-state index contributed by atoms with van der Waals surface area (Å²) in [5, 5.41) is 7.25. The first kappa shape index (κ1) is 27.3. The van der Waals surface area contributed by atoms with Crippen LogP contribution in [0, 0.1) is 5.92 Å². The SMILES string of the molecule is CCSC1(CNC(=NC)NCC(C(CC)CC)N2CCOCC2)CCOCC1.I. The fraction of sp³-hybridized carbons (Fsp3) is 0.952. The molecule has 2 fully saturated rings. The standard InChI is InChI=1S/C21H42N4O2S.HI/c1-5-18(6-2)19(25-10-14-27-15-11-25)16-23-20(22-4)24-17-21(28-7-3)8-12-26-13-9-21;/h18-19H,5-17H2,1-4H3,(H2,22,23,24);1H. The number of aliphatic imine (C=N–C) groups is 1. The fourth-order valence-electron chi connectivity index (χ4n) is 4.42. The molecule has 2 saturated heterocycles. The first-order chi connectivity index (χ1) is 13.7. The molecule has 2 rings (SSSR count). The van der Waals surface area contributed by atoms with Crippen LogP contribution >= 0.6 is 35.7 Å². The number of hydrogen-bond acceptors (Lipinski definition) is 5. The van der Waals surface area contributed by atoms with E-state index >= 15 is 0 Å². The maximum Gasteiger partial charge on any atom is 0.191 e. The smallest absolute Gasteiger partial charge is 0.191 e. The van der Waals surface area contributed by atoms with Gasteiger partial charge in [0.25, 0.3) is 0 Å². The van der Waals surface area contributed by atoms with E-state index in [0.29, 0.717) is 12.0 Å². The third-order valence-corrected chi connectivity index (χ3v) is 7.70. The lowest BCUT2D eigenvalue weighted by Crippen LogP contribution is -2.54. The van der Waals surface area contributed by atoms with Crippen LogP contribution in [-0.4, -0.2) is 87.1 Å². The average Bonchev–Trinajstić information content (AvgIpc) is 2.74. The Labute approximate surface area is 199 Å². The summed E-state index contributed by atoms with van der Waals surface area (Å²) in [5.74, 6) is 2.76. The molecule has 29 heavy (non-hydrogen) atoms. The molecule has 0 radical (unpaired) electrons. The maximum absolute atomic E-state index is 5.60. The fourth-order valence-corrected chi connectivity index (χ4v) is 5.67.